The highest BCUT2D eigenvalue weighted by Crippen LogP contribution is 2.21. The van der Waals surface area contributed by atoms with Crippen molar-refractivity contribution in [3.63, 3.8) is 0 Å². The van der Waals surface area contributed by atoms with Gasteiger partial charge in [-0.3, -0.25) is 4.79 Å². The number of aliphatic hydroxyl groups excluding tert-OH is 1. The molecule has 0 fully saturated rings. The van der Waals surface area contributed by atoms with Crippen LogP contribution in [0.4, 0.5) is 0 Å². The summed E-state index contributed by atoms with van der Waals surface area (Å²) in [7, 11) is 0. The zero-order valence-electron chi connectivity index (χ0n) is 8.30. The molecule has 0 radical (unpaired) electrons. The second-order valence-corrected chi connectivity index (χ2v) is 3.69. The number of carboxylic acid groups (broad SMARTS) is 2. The summed E-state index contributed by atoms with van der Waals surface area (Å²) in [6, 6.07) is 0. The van der Waals surface area contributed by atoms with Crippen LogP contribution in [0, 0.1) is 11.8 Å². The number of carbonyl (C=O) groups is 2. The summed E-state index contributed by atoms with van der Waals surface area (Å²) in [6.07, 6.45) is -1.59. The van der Waals surface area contributed by atoms with Crippen molar-refractivity contribution in [3.05, 3.63) is 0 Å². The fraction of sp³-hybridized carbons (Fsp3) is 0.778. The Morgan fingerprint density at radius 3 is 2.00 bits per heavy atom. The molecule has 0 rings (SSSR count). The van der Waals surface area contributed by atoms with E-state index in [1.807, 2.05) is 13.8 Å². The largest absolute Gasteiger partial charge is 0.481 e. The minimum atomic E-state index is -1.47. The van der Waals surface area contributed by atoms with Crippen LogP contribution in [0.25, 0.3) is 0 Å². The van der Waals surface area contributed by atoms with Gasteiger partial charge in [-0.1, -0.05) is 13.8 Å². The lowest BCUT2D eigenvalue weighted by molar-refractivity contribution is -0.149. The van der Waals surface area contributed by atoms with Crippen molar-refractivity contribution >= 4 is 11.9 Å². The molecule has 0 saturated carbocycles. The van der Waals surface area contributed by atoms with Crippen molar-refractivity contribution in [2.24, 2.45) is 11.8 Å². The summed E-state index contributed by atoms with van der Waals surface area (Å²) in [5.41, 5.74) is 0. The molecule has 0 heterocycles. The smallest absolute Gasteiger partial charge is 0.332 e. The Kier molecular flexibility index (Phi) is 5.15. The van der Waals surface area contributed by atoms with Crippen molar-refractivity contribution in [1.82, 2.24) is 0 Å². The van der Waals surface area contributed by atoms with Gasteiger partial charge in [0.1, 0.15) is 0 Å². The minimum Gasteiger partial charge on any atom is -0.481 e. The molecule has 5 heteroatoms. The molecule has 0 aromatic rings. The highest BCUT2D eigenvalue weighted by atomic mass is 16.4. The van der Waals surface area contributed by atoms with Gasteiger partial charge in [0.05, 0.1) is 0 Å². The van der Waals surface area contributed by atoms with Gasteiger partial charge in [-0.2, -0.15) is 0 Å². The average molecular weight is 204 g/mol. The molecular weight excluding hydrogens is 188 g/mol. The molecule has 0 bridgehead atoms. The maximum absolute atomic E-state index is 10.4. The predicted molar refractivity (Wildman–Crippen MR) is 48.8 cm³/mol. The third kappa shape index (κ3) is 4.81. The second-order valence-electron chi connectivity index (χ2n) is 3.69. The number of rotatable bonds is 6. The van der Waals surface area contributed by atoms with Crippen LogP contribution in [0.5, 0.6) is 0 Å². The lowest BCUT2D eigenvalue weighted by atomic mass is 9.87. The van der Waals surface area contributed by atoms with Gasteiger partial charge in [0.15, 0.2) is 6.10 Å². The Labute approximate surface area is 82.4 Å². The molecule has 0 amide bonds. The Hall–Kier alpha value is -1.10. The van der Waals surface area contributed by atoms with Crippen LogP contribution >= 0.6 is 0 Å². The first-order valence-corrected chi connectivity index (χ1v) is 4.47. The lowest BCUT2D eigenvalue weighted by Gasteiger charge is -2.20. The Morgan fingerprint density at radius 1 is 1.21 bits per heavy atom. The zero-order valence-corrected chi connectivity index (χ0v) is 8.30. The van der Waals surface area contributed by atoms with E-state index in [1.54, 1.807) is 0 Å². The van der Waals surface area contributed by atoms with E-state index in [0.29, 0.717) is 0 Å². The number of aliphatic carboxylic acids is 2. The van der Waals surface area contributed by atoms with E-state index in [-0.39, 0.29) is 24.7 Å². The van der Waals surface area contributed by atoms with Crippen molar-refractivity contribution in [1.29, 1.82) is 0 Å². The van der Waals surface area contributed by atoms with E-state index in [0.717, 1.165) is 0 Å². The Morgan fingerprint density at radius 2 is 1.71 bits per heavy atom. The third-order valence-electron chi connectivity index (χ3n) is 2.19. The number of hydrogen-bond acceptors (Lipinski definition) is 3. The summed E-state index contributed by atoms with van der Waals surface area (Å²) in [4.78, 5) is 20.8. The van der Waals surface area contributed by atoms with Gasteiger partial charge in [-0.25, -0.2) is 4.79 Å². The molecule has 0 aromatic heterocycles. The molecule has 0 aliphatic heterocycles. The van der Waals surface area contributed by atoms with E-state index < -0.39 is 18.0 Å². The molecule has 14 heavy (non-hydrogen) atoms. The molecule has 0 spiro atoms. The maximum atomic E-state index is 10.4. The molecule has 2 atom stereocenters. The van der Waals surface area contributed by atoms with Gasteiger partial charge in [0.25, 0.3) is 0 Å². The number of carboxylic acids is 2. The average Bonchev–Trinajstić information content (AvgIpc) is 2.01. The van der Waals surface area contributed by atoms with E-state index >= 15 is 0 Å². The van der Waals surface area contributed by atoms with Crippen molar-refractivity contribution in [2.75, 3.05) is 0 Å². The topological polar surface area (TPSA) is 94.8 Å². The minimum absolute atomic E-state index is 0.0146. The molecule has 2 unspecified atom stereocenters. The third-order valence-corrected chi connectivity index (χ3v) is 2.19. The quantitative estimate of drug-likeness (QED) is 0.588. The molecule has 5 nitrogen and oxygen atoms in total. The zero-order chi connectivity index (χ0) is 11.3. The van der Waals surface area contributed by atoms with Crippen molar-refractivity contribution in [3.8, 4) is 0 Å². The Balaban J connectivity index is 4.22. The van der Waals surface area contributed by atoms with E-state index in [2.05, 4.69) is 0 Å². The molecule has 0 aromatic carbocycles. The van der Waals surface area contributed by atoms with E-state index in [1.165, 1.54) is 0 Å². The molecule has 0 saturated heterocycles. The molecule has 0 aliphatic carbocycles. The van der Waals surface area contributed by atoms with E-state index in [4.69, 9.17) is 15.3 Å². The van der Waals surface area contributed by atoms with Gasteiger partial charge in [0.2, 0.25) is 0 Å². The van der Waals surface area contributed by atoms with Gasteiger partial charge in [0, 0.05) is 6.42 Å². The first-order valence-electron chi connectivity index (χ1n) is 4.47. The van der Waals surface area contributed by atoms with Crippen LogP contribution in [0.3, 0.4) is 0 Å². The molecular formula is C9H16O5. The van der Waals surface area contributed by atoms with Crippen LogP contribution in [-0.4, -0.2) is 33.4 Å². The fourth-order valence-electron chi connectivity index (χ4n) is 1.20. The van der Waals surface area contributed by atoms with Crippen LogP contribution < -0.4 is 0 Å². The van der Waals surface area contributed by atoms with Gasteiger partial charge >= 0.3 is 11.9 Å². The second kappa shape index (κ2) is 5.59. The molecule has 3 N–H and O–H groups in total. The summed E-state index contributed by atoms with van der Waals surface area (Å²) < 4.78 is 0. The SMILES string of the molecule is CC(C)C(CC(=O)O)CC(O)C(=O)O. The Bertz CT molecular complexity index is 211. The summed E-state index contributed by atoms with van der Waals surface area (Å²) >= 11 is 0. The highest BCUT2D eigenvalue weighted by Gasteiger charge is 2.24. The first-order chi connectivity index (χ1) is 6.34. The standard InChI is InChI=1S/C9H16O5/c1-5(2)6(4-8(11)12)3-7(10)9(13)14/h5-7,10H,3-4H2,1-2H3,(H,11,12)(H,13,14). The number of aliphatic hydroxyl groups is 1. The van der Waals surface area contributed by atoms with Crippen LogP contribution in [0.1, 0.15) is 26.7 Å². The van der Waals surface area contributed by atoms with Gasteiger partial charge < -0.3 is 15.3 Å². The van der Waals surface area contributed by atoms with Crippen LogP contribution in [-0.2, 0) is 9.59 Å². The van der Waals surface area contributed by atoms with E-state index in [9.17, 15) is 9.59 Å². The summed E-state index contributed by atoms with van der Waals surface area (Å²) in [5.74, 6) is -2.54. The van der Waals surface area contributed by atoms with Crippen LogP contribution in [0.15, 0.2) is 0 Å². The molecule has 82 valence electrons. The van der Waals surface area contributed by atoms with Gasteiger partial charge in [-0.05, 0) is 18.3 Å². The molecule has 0 aliphatic rings. The van der Waals surface area contributed by atoms with Gasteiger partial charge in [-0.15, -0.1) is 0 Å². The summed E-state index contributed by atoms with van der Waals surface area (Å²) in [6.45, 7) is 3.62. The lowest BCUT2D eigenvalue weighted by Crippen LogP contribution is -2.26. The number of hydrogen-bond donors (Lipinski definition) is 3. The normalized spacial score (nSPS) is 15.1. The maximum Gasteiger partial charge on any atom is 0.332 e. The predicted octanol–water partition coefficient (Wildman–Crippen LogP) is 0.569. The first kappa shape index (κ1) is 12.9. The van der Waals surface area contributed by atoms with Crippen LogP contribution in [0.2, 0.25) is 0 Å². The monoisotopic (exact) mass is 204 g/mol. The van der Waals surface area contributed by atoms with Crippen molar-refractivity contribution in [2.45, 2.75) is 32.8 Å². The van der Waals surface area contributed by atoms with Crippen molar-refractivity contribution < 1.29 is 24.9 Å². The highest BCUT2D eigenvalue weighted by molar-refractivity contribution is 5.72. The summed E-state index contributed by atoms with van der Waals surface area (Å²) in [5, 5.41) is 26.1. The fourth-order valence-corrected chi connectivity index (χ4v) is 1.20.